The lowest BCUT2D eigenvalue weighted by Crippen LogP contribution is -2.27. The molecular weight excluding hydrogens is 280 g/mol. The Bertz CT molecular complexity index is 683. The summed E-state index contributed by atoms with van der Waals surface area (Å²) in [5.74, 6) is 1.24. The third kappa shape index (κ3) is 2.75. The second kappa shape index (κ2) is 5.37. The number of nitrogens with one attached hydrogen (secondary N) is 2. The van der Waals surface area contributed by atoms with Gasteiger partial charge in [0.25, 0.3) is 10.0 Å². The van der Waals surface area contributed by atoms with Gasteiger partial charge >= 0.3 is 0 Å². The predicted octanol–water partition coefficient (Wildman–Crippen LogP) is 1.62. The normalized spacial score (nSPS) is 13.6. The zero-order chi connectivity index (χ0) is 14.9. The Kier molecular flexibility index (Phi) is 3.96. The number of rotatable bonds is 5. The Balaban J connectivity index is 2.24. The van der Waals surface area contributed by atoms with Gasteiger partial charge in [-0.1, -0.05) is 12.1 Å². The average molecular weight is 298 g/mol. The molecule has 0 aromatic carbocycles. The summed E-state index contributed by atoms with van der Waals surface area (Å²) < 4.78 is 32.2. The molecule has 7 nitrogen and oxygen atoms in total. The van der Waals surface area contributed by atoms with Crippen LogP contribution in [0.2, 0.25) is 0 Å². The second-order valence-electron chi connectivity index (χ2n) is 4.63. The van der Waals surface area contributed by atoms with Crippen LogP contribution >= 0.6 is 0 Å². The van der Waals surface area contributed by atoms with Crippen molar-refractivity contribution < 1.29 is 12.9 Å². The Morgan fingerprint density at radius 1 is 1.45 bits per heavy atom. The molecule has 110 valence electrons. The van der Waals surface area contributed by atoms with Crippen molar-refractivity contribution in [1.29, 1.82) is 0 Å². The molecule has 0 aliphatic heterocycles. The summed E-state index contributed by atoms with van der Waals surface area (Å²) in [6.45, 7) is 7.18. The molecule has 0 aliphatic carbocycles. The van der Waals surface area contributed by atoms with Crippen LogP contribution in [-0.2, 0) is 16.4 Å². The number of aromatic nitrogens is 3. The maximum Gasteiger partial charge on any atom is 0.258 e. The van der Waals surface area contributed by atoms with E-state index < -0.39 is 16.1 Å². The van der Waals surface area contributed by atoms with Crippen molar-refractivity contribution in [3.63, 3.8) is 0 Å². The first kappa shape index (κ1) is 14.7. The molecule has 1 atom stereocenters. The quantitative estimate of drug-likeness (QED) is 0.873. The molecule has 0 fully saturated rings. The van der Waals surface area contributed by atoms with Crippen molar-refractivity contribution in [1.82, 2.24) is 19.8 Å². The van der Waals surface area contributed by atoms with E-state index in [9.17, 15) is 8.42 Å². The molecular formula is C12H18N4O3S. The van der Waals surface area contributed by atoms with Crippen LogP contribution in [0.4, 0.5) is 0 Å². The van der Waals surface area contributed by atoms with Gasteiger partial charge in [-0.05, 0) is 20.8 Å². The molecule has 1 unspecified atom stereocenters. The predicted molar refractivity (Wildman–Crippen MR) is 72.7 cm³/mol. The summed E-state index contributed by atoms with van der Waals surface area (Å²) in [6.07, 6.45) is 1.97. The van der Waals surface area contributed by atoms with E-state index in [1.165, 1.54) is 6.20 Å². The highest BCUT2D eigenvalue weighted by atomic mass is 32.2. The SMILES string of the molecule is CCc1ncc(S(=O)(=O)NC(C)c2c(C)noc2C)[nH]1. The van der Waals surface area contributed by atoms with Gasteiger partial charge < -0.3 is 9.51 Å². The van der Waals surface area contributed by atoms with Gasteiger partial charge in [0.2, 0.25) is 0 Å². The largest absolute Gasteiger partial charge is 0.361 e. The van der Waals surface area contributed by atoms with E-state index in [-0.39, 0.29) is 5.03 Å². The van der Waals surface area contributed by atoms with Crippen LogP contribution in [0.15, 0.2) is 15.7 Å². The number of hydrogen-bond donors (Lipinski definition) is 2. The average Bonchev–Trinajstić information content (AvgIpc) is 2.96. The standard InChI is InChI=1S/C12H18N4O3S/c1-5-10-13-6-11(14-10)20(17,18)16-8(3)12-7(2)15-19-9(12)4/h6,8,16H,5H2,1-4H3,(H,13,14). The van der Waals surface area contributed by atoms with Gasteiger partial charge in [-0.25, -0.2) is 18.1 Å². The first-order chi connectivity index (χ1) is 9.35. The fraction of sp³-hybridized carbons (Fsp3) is 0.500. The van der Waals surface area contributed by atoms with Crippen LogP contribution in [0.25, 0.3) is 0 Å². The maximum absolute atomic E-state index is 12.3. The van der Waals surface area contributed by atoms with Crippen molar-refractivity contribution in [2.45, 2.75) is 45.2 Å². The van der Waals surface area contributed by atoms with E-state index >= 15 is 0 Å². The molecule has 0 spiro atoms. The number of sulfonamides is 1. The van der Waals surface area contributed by atoms with Crippen molar-refractivity contribution >= 4 is 10.0 Å². The van der Waals surface area contributed by atoms with Crippen molar-refractivity contribution in [3.05, 3.63) is 29.0 Å². The molecule has 2 heterocycles. The summed E-state index contributed by atoms with van der Waals surface area (Å²) in [7, 11) is -3.65. The Labute approximate surface area is 117 Å². The summed E-state index contributed by atoms with van der Waals surface area (Å²) in [4.78, 5) is 6.78. The molecule has 2 aromatic rings. The van der Waals surface area contributed by atoms with Crippen LogP contribution < -0.4 is 4.72 Å². The van der Waals surface area contributed by atoms with Crippen LogP contribution in [0.1, 0.15) is 42.7 Å². The monoisotopic (exact) mass is 298 g/mol. The molecule has 0 aliphatic rings. The summed E-state index contributed by atoms with van der Waals surface area (Å²) in [5, 5.41) is 3.89. The van der Waals surface area contributed by atoms with Gasteiger partial charge in [-0.2, -0.15) is 0 Å². The minimum Gasteiger partial charge on any atom is -0.361 e. The third-order valence-electron chi connectivity index (χ3n) is 3.08. The lowest BCUT2D eigenvalue weighted by atomic mass is 10.1. The highest BCUT2D eigenvalue weighted by Crippen LogP contribution is 2.22. The lowest BCUT2D eigenvalue weighted by Gasteiger charge is -2.13. The van der Waals surface area contributed by atoms with Gasteiger partial charge in [0.05, 0.1) is 11.9 Å². The first-order valence-electron chi connectivity index (χ1n) is 6.34. The number of nitrogens with zero attached hydrogens (tertiary/aromatic N) is 2. The molecule has 0 amide bonds. The summed E-state index contributed by atoms with van der Waals surface area (Å²) in [5.41, 5.74) is 1.43. The summed E-state index contributed by atoms with van der Waals surface area (Å²) >= 11 is 0. The maximum atomic E-state index is 12.3. The molecule has 20 heavy (non-hydrogen) atoms. The number of aryl methyl sites for hydroxylation is 3. The van der Waals surface area contributed by atoms with Gasteiger partial charge in [0.15, 0.2) is 5.03 Å². The zero-order valence-corrected chi connectivity index (χ0v) is 12.7. The zero-order valence-electron chi connectivity index (χ0n) is 11.9. The molecule has 2 N–H and O–H groups in total. The minimum atomic E-state index is -3.65. The van der Waals surface area contributed by atoms with Crippen LogP contribution in [-0.4, -0.2) is 23.5 Å². The molecule has 0 bridgehead atoms. The van der Waals surface area contributed by atoms with Gasteiger partial charge in [-0.15, -0.1) is 0 Å². The van der Waals surface area contributed by atoms with Crippen molar-refractivity contribution in [2.75, 3.05) is 0 Å². The fourth-order valence-electron chi connectivity index (χ4n) is 2.12. The van der Waals surface area contributed by atoms with Crippen LogP contribution in [0.3, 0.4) is 0 Å². The van der Waals surface area contributed by atoms with E-state index in [2.05, 4.69) is 19.8 Å². The van der Waals surface area contributed by atoms with Gasteiger partial charge in [-0.3, -0.25) is 0 Å². The minimum absolute atomic E-state index is 0.0629. The Morgan fingerprint density at radius 3 is 2.65 bits per heavy atom. The van der Waals surface area contributed by atoms with E-state index in [0.29, 0.717) is 23.7 Å². The highest BCUT2D eigenvalue weighted by Gasteiger charge is 2.24. The number of H-pyrrole nitrogens is 1. The Morgan fingerprint density at radius 2 is 2.15 bits per heavy atom. The second-order valence-corrected chi connectivity index (χ2v) is 6.31. The third-order valence-corrected chi connectivity index (χ3v) is 4.53. The molecule has 0 saturated heterocycles. The van der Waals surface area contributed by atoms with Crippen LogP contribution in [0.5, 0.6) is 0 Å². The van der Waals surface area contributed by atoms with Crippen LogP contribution in [0, 0.1) is 13.8 Å². The molecule has 8 heteroatoms. The lowest BCUT2D eigenvalue weighted by molar-refractivity contribution is 0.391. The molecule has 0 radical (unpaired) electrons. The number of hydrogen-bond acceptors (Lipinski definition) is 5. The van der Waals surface area contributed by atoms with Crippen molar-refractivity contribution in [3.8, 4) is 0 Å². The Hall–Kier alpha value is -1.67. The van der Waals surface area contributed by atoms with Gasteiger partial charge in [0, 0.05) is 18.0 Å². The van der Waals surface area contributed by atoms with Crippen molar-refractivity contribution in [2.24, 2.45) is 0 Å². The van der Waals surface area contributed by atoms with Gasteiger partial charge in [0.1, 0.15) is 11.6 Å². The fourth-order valence-corrected chi connectivity index (χ4v) is 3.28. The smallest absolute Gasteiger partial charge is 0.258 e. The first-order valence-corrected chi connectivity index (χ1v) is 7.82. The topological polar surface area (TPSA) is 101 Å². The molecule has 2 rings (SSSR count). The van der Waals surface area contributed by atoms with E-state index in [1.54, 1.807) is 20.8 Å². The molecule has 0 saturated carbocycles. The van der Waals surface area contributed by atoms with E-state index in [4.69, 9.17) is 4.52 Å². The highest BCUT2D eigenvalue weighted by molar-refractivity contribution is 7.89. The van der Waals surface area contributed by atoms with E-state index in [1.807, 2.05) is 6.92 Å². The molecule has 2 aromatic heterocycles. The van der Waals surface area contributed by atoms with E-state index in [0.717, 1.165) is 5.56 Å². The number of aromatic amines is 1. The number of imidazole rings is 1. The summed E-state index contributed by atoms with van der Waals surface area (Å²) in [6, 6.07) is -0.431.